The summed E-state index contributed by atoms with van der Waals surface area (Å²) >= 11 is 8.92. The molecular weight excluding hydrogens is 522 g/mol. The Morgan fingerprint density at radius 2 is 1.46 bits per heavy atom. The molecule has 0 spiro atoms. The lowest BCUT2D eigenvalue weighted by molar-refractivity contribution is -0.117. The van der Waals surface area contributed by atoms with Gasteiger partial charge in [0.15, 0.2) is 5.11 Å². The van der Waals surface area contributed by atoms with Crippen molar-refractivity contribution in [2.45, 2.75) is 25.3 Å². The zero-order chi connectivity index (χ0) is 24.6. The Bertz CT molecular complexity index is 1160. The van der Waals surface area contributed by atoms with Crippen LogP contribution in [0.2, 0.25) is 0 Å². The fraction of sp³-hybridized carbons (Fsp3) is 0.222. The van der Waals surface area contributed by atoms with E-state index in [1.807, 2.05) is 78.9 Å². The summed E-state index contributed by atoms with van der Waals surface area (Å²) in [6, 6.07) is 23.9. The van der Waals surface area contributed by atoms with Crippen LogP contribution in [0.1, 0.15) is 36.4 Å². The van der Waals surface area contributed by atoms with Gasteiger partial charge in [0, 0.05) is 34.5 Å². The molecule has 0 aliphatic carbocycles. The summed E-state index contributed by atoms with van der Waals surface area (Å²) in [6.07, 6.45) is 3.49. The van der Waals surface area contributed by atoms with Crippen LogP contribution in [-0.2, 0) is 4.79 Å². The zero-order valence-electron chi connectivity index (χ0n) is 19.3. The van der Waals surface area contributed by atoms with Crippen LogP contribution in [0.25, 0.3) is 0 Å². The lowest BCUT2D eigenvalue weighted by atomic mass is 10.1. The van der Waals surface area contributed by atoms with Crippen molar-refractivity contribution < 1.29 is 4.79 Å². The van der Waals surface area contributed by atoms with Crippen LogP contribution < -0.4 is 16.0 Å². The number of amidine groups is 1. The lowest BCUT2D eigenvalue weighted by Gasteiger charge is -2.29. The number of benzene rings is 3. The van der Waals surface area contributed by atoms with E-state index in [-0.39, 0.29) is 5.91 Å². The van der Waals surface area contributed by atoms with Gasteiger partial charge in [0.1, 0.15) is 11.9 Å². The van der Waals surface area contributed by atoms with Gasteiger partial charge in [0.2, 0.25) is 0 Å². The second-order valence-corrected chi connectivity index (χ2v) is 9.74. The van der Waals surface area contributed by atoms with Crippen molar-refractivity contribution in [3.05, 3.63) is 94.5 Å². The van der Waals surface area contributed by atoms with Gasteiger partial charge in [-0.25, -0.2) is 0 Å². The first kappa shape index (κ1) is 24.9. The molecule has 35 heavy (non-hydrogen) atoms. The standard InChI is InChI=1S/C27H28BrN5OS/c28-21-11-15-23(16-12-21)31-27(35)32-24(19-7-3-1-4-8-19)26(34)30-22-13-9-20(10-14-22)25(29)33-17-5-2-6-18-33/h1,3-4,7-16,24,29H,2,5-6,17-18H2,(H,30,34)(H2,31,32,35)/t24-/m0/s1. The first-order chi connectivity index (χ1) is 17.0. The van der Waals surface area contributed by atoms with Crippen LogP contribution in [0.5, 0.6) is 0 Å². The van der Waals surface area contributed by atoms with Gasteiger partial charge in [-0.3, -0.25) is 10.2 Å². The molecule has 4 N–H and O–H groups in total. The molecule has 1 amide bonds. The molecule has 1 aliphatic heterocycles. The fourth-order valence-electron chi connectivity index (χ4n) is 4.00. The number of hydrogen-bond donors (Lipinski definition) is 4. The van der Waals surface area contributed by atoms with Gasteiger partial charge in [-0.05, 0) is 85.6 Å². The molecule has 1 saturated heterocycles. The smallest absolute Gasteiger partial charge is 0.251 e. The number of carbonyl (C=O) groups is 1. The number of halogens is 1. The second kappa shape index (κ2) is 12.0. The topological polar surface area (TPSA) is 80.2 Å². The molecule has 1 heterocycles. The maximum atomic E-state index is 13.3. The molecule has 0 saturated carbocycles. The van der Waals surface area contributed by atoms with E-state index >= 15 is 0 Å². The van der Waals surface area contributed by atoms with E-state index in [2.05, 4.69) is 36.8 Å². The number of piperidine rings is 1. The second-order valence-electron chi connectivity index (χ2n) is 8.41. The van der Waals surface area contributed by atoms with Crippen molar-refractivity contribution >= 4 is 56.4 Å². The van der Waals surface area contributed by atoms with Gasteiger partial charge in [-0.2, -0.15) is 0 Å². The monoisotopic (exact) mass is 549 g/mol. The Kier molecular flexibility index (Phi) is 8.50. The Hall–Kier alpha value is -3.23. The van der Waals surface area contributed by atoms with Gasteiger partial charge in [0.05, 0.1) is 0 Å². The Morgan fingerprint density at radius 1 is 0.857 bits per heavy atom. The van der Waals surface area contributed by atoms with Gasteiger partial charge in [-0.1, -0.05) is 46.3 Å². The first-order valence-electron chi connectivity index (χ1n) is 11.6. The summed E-state index contributed by atoms with van der Waals surface area (Å²) in [5, 5.41) is 18.1. The highest BCUT2D eigenvalue weighted by molar-refractivity contribution is 9.10. The van der Waals surface area contributed by atoms with Crippen molar-refractivity contribution in [2.24, 2.45) is 0 Å². The quantitative estimate of drug-likeness (QED) is 0.174. The van der Waals surface area contributed by atoms with E-state index in [0.29, 0.717) is 16.6 Å². The van der Waals surface area contributed by atoms with E-state index in [1.165, 1.54) is 6.42 Å². The molecule has 0 aromatic heterocycles. The molecule has 0 radical (unpaired) electrons. The summed E-state index contributed by atoms with van der Waals surface area (Å²) in [7, 11) is 0. The van der Waals surface area contributed by atoms with E-state index in [0.717, 1.165) is 47.2 Å². The van der Waals surface area contributed by atoms with E-state index in [9.17, 15) is 4.79 Å². The summed E-state index contributed by atoms with van der Waals surface area (Å²) in [5.41, 5.74) is 3.14. The third-order valence-electron chi connectivity index (χ3n) is 5.87. The van der Waals surface area contributed by atoms with Crippen LogP contribution in [0, 0.1) is 5.41 Å². The van der Waals surface area contributed by atoms with Crippen molar-refractivity contribution in [1.29, 1.82) is 5.41 Å². The van der Waals surface area contributed by atoms with Crippen molar-refractivity contribution in [3.63, 3.8) is 0 Å². The third-order valence-corrected chi connectivity index (χ3v) is 6.62. The SMILES string of the molecule is N=C(c1ccc(NC(=O)[C@@H](NC(=S)Nc2ccc(Br)cc2)c2ccccc2)cc1)N1CCCCC1. The molecule has 6 nitrogen and oxygen atoms in total. The van der Waals surface area contributed by atoms with E-state index in [1.54, 1.807) is 0 Å². The zero-order valence-corrected chi connectivity index (χ0v) is 21.7. The highest BCUT2D eigenvalue weighted by Crippen LogP contribution is 2.20. The molecule has 1 fully saturated rings. The van der Waals surface area contributed by atoms with Gasteiger partial charge in [-0.15, -0.1) is 0 Å². The maximum Gasteiger partial charge on any atom is 0.251 e. The van der Waals surface area contributed by atoms with Gasteiger partial charge < -0.3 is 20.9 Å². The van der Waals surface area contributed by atoms with E-state index < -0.39 is 6.04 Å². The summed E-state index contributed by atoms with van der Waals surface area (Å²) in [4.78, 5) is 15.4. The highest BCUT2D eigenvalue weighted by Gasteiger charge is 2.22. The maximum absolute atomic E-state index is 13.3. The number of likely N-dealkylation sites (tertiary alicyclic amines) is 1. The molecule has 0 unspecified atom stereocenters. The van der Waals surface area contributed by atoms with Crippen molar-refractivity contribution in [3.8, 4) is 0 Å². The summed E-state index contributed by atoms with van der Waals surface area (Å²) in [6.45, 7) is 1.85. The molecule has 8 heteroatoms. The number of carbonyl (C=O) groups excluding carboxylic acids is 1. The number of amides is 1. The van der Waals surface area contributed by atoms with Crippen LogP contribution >= 0.6 is 28.1 Å². The minimum Gasteiger partial charge on any atom is -0.357 e. The van der Waals surface area contributed by atoms with Crippen LogP contribution in [0.15, 0.2) is 83.3 Å². The molecule has 0 bridgehead atoms. The highest BCUT2D eigenvalue weighted by atomic mass is 79.9. The molecule has 1 atom stereocenters. The van der Waals surface area contributed by atoms with Crippen LogP contribution in [0.4, 0.5) is 11.4 Å². The lowest BCUT2D eigenvalue weighted by Crippen LogP contribution is -2.39. The number of thiocarbonyl (C=S) groups is 1. The molecule has 3 aromatic rings. The number of nitrogens with zero attached hydrogens (tertiary/aromatic N) is 1. The van der Waals surface area contributed by atoms with Crippen molar-refractivity contribution in [2.75, 3.05) is 23.7 Å². The molecule has 1 aliphatic rings. The Morgan fingerprint density at radius 3 is 2.11 bits per heavy atom. The number of hydrogen-bond acceptors (Lipinski definition) is 3. The Balaban J connectivity index is 1.43. The molecule has 3 aromatic carbocycles. The summed E-state index contributed by atoms with van der Waals surface area (Å²) in [5.74, 6) is 0.311. The Labute approximate surface area is 219 Å². The first-order valence-corrected chi connectivity index (χ1v) is 12.8. The average molecular weight is 551 g/mol. The number of rotatable bonds is 6. The molecule has 4 rings (SSSR count). The predicted molar refractivity (Wildman–Crippen MR) is 150 cm³/mol. The number of anilines is 2. The minimum atomic E-state index is -0.682. The number of nitrogens with one attached hydrogen (secondary N) is 4. The minimum absolute atomic E-state index is 0.227. The third kappa shape index (κ3) is 6.90. The molecule has 180 valence electrons. The fourth-order valence-corrected chi connectivity index (χ4v) is 4.50. The van der Waals surface area contributed by atoms with Crippen LogP contribution in [0.3, 0.4) is 0 Å². The average Bonchev–Trinajstić information content (AvgIpc) is 2.89. The largest absolute Gasteiger partial charge is 0.357 e. The van der Waals surface area contributed by atoms with Crippen LogP contribution in [-0.4, -0.2) is 34.8 Å². The van der Waals surface area contributed by atoms with Gasteiger partial charge >= 0.3 is 0 Å². The normalized spacial score (nSPS) is 14.0. The molecular formula is C27H28BrN5OS. The van der Waals surface area contributed by atoms with Crippen molar-refractivity contribution in [1.82, 2.24) is 10.2 Å². The van der Waals surface area contributed by atoms with Gasteiger partial charge in [0.25, 0.3) is 5.91 Å². The summed E-state index contributed by atoms with van der Waals surface area (Å²) < 4.78 is 0.973. The van der Waals surface area contributed by atoms with E-state index in [4.69, 9.17) is 17.6 Å². The predicted octanol–water partition coefficient (Wildman–Crippen LogP) is 5.93.